The fourth-order valence-corrected chi connectivity index (χ4v) is 6.25. The van der Waals surface area contributed by atoms with Crippen LogP contribution in [-0.4, -0.2) is 39.5 Å². The van der Waals surface area contributed by atoms with Crippen LogP contribution in [0.5, 0.6) is 0 Å². The summed E-state index contributed by atoms with van der Waals surface area (Å²) in [4.78, 5) is 23.4. The highest BCUT2D eigenvalue weighted by atomic mass is 19.3. The highest BCUT2D eigenvalue weighted by Gasteiger charge is 2.58. The fourth-order valence-electron chi connectivity index (χ4n) is 6.25. The molecule has 8 nitrogen and oxygen atoms in total. The van der Waals surface area contributed by atoms with E-state index in [-0.39, 0.29) is 41.2 Å². The SMILES string of the molecule is CC(C)(C)COC(=O)N(CC12CCC(c3noc(C(C)(F)F)n3)(CC1)C2)c1cc(-c2ccc(C(C)(C)O)cc2)c(F)cn1. The highest BCUT2D eigenvalue weighted by molar-refractivity contribution is 5.87. The Hall–Kier alpha value is -3.47. The van der Waals surface area contributed by atoms with Gasteiger partial charge in [0, 0.05) is 24.4 Å². The molecule has 232 valence electrons. The lowest BCUT2D eigenvalue weighted by Crippen LogP contribution is -2.41. The third-order valence-corrected chi connectivity index (χ3v) is 8.62. The first-order chi connectivity index (χ1) is 19.9. The molecule has 2 aliphatic rings. The molecule has 11 heteroatoms. The zero-order valence-corrected chi connectivity index (χ0v) is 25.5. The number of benzene rings is 1. The minimum absolute atomic E-state index is 0.169. The maximum absolute atomic E-state index is 15.1. The van der Waals surface area contributed by atoms with Gasteiger partial charge in [0.25, 0.3) is 5.89 Å². The van der Waals surface area contributed by atoms with Gasteiger partial charge in [-0.15, -0.1) is 0 Å². The standard InChI is InChI=1S/C32H39F3N4O4/c1-28(2,3)19-42-27(40)39(24-15-22(23(33)16-36-24)20-7-9-21(10-8-20)29(4,5)41)18-31-11-13-32(17-31,14-12-31)25-37-26(43-38-25)30(6,34)35/h7-10,15-16,41H,11-14,17-19H2,1-6H3. The number of aromatic nitrogens is 3. The Morgan fingerprint density at radius 1 is 1.07 bits per heavy atom. The number of pyridine rings is 1. The van der Waals surface area contributed by atoms with E-state index in [0.717, 1.165) is 26.0 Å². The first-order valence-electron chi connectivity index (χ1n) is 14.6. The molecule has 0 radical (unpaired) electrons. The number of hydrogen-bond acceptors (Lipinski definition) is 7. The van der Waals surface area contributed by atoms with E-state index >= 15 is 4.39 Å². The first-order valence-corrected chi connectivity index (χ1v) is 14.6. The van der Waals surface area contributed by atoms with Crippen molar-refractivity contribution in [2.24, 2.45) is 10.8 Å². The number of halogens is 3. The van der Waals surface area contributed by atoms with E-state index in [2.05, 4.69) is 15.1 Å². The Kier molecular flexibility index (Phi) is 7.64. The van der Waals surface area contributed by atoms with Crippen LogP contribution in [0.3, 0.4) is 0 Å². The van der Waals surface area contributed by atoms with Gasteiger partial charge < -0.3 is 14.4 Å². The number of aliphatic hydroxyl groups is 1. The number of carbonyl (C=O) groups is 1. The first kappa shape index (κ1) is 31.0. The van der Waals surface area contributed by atoms with E-state index in [4.69, 9.17) is 9.26 Å². The summed E-state index contributed by atoms with van der Waals surface area (Å²) in [5, 5.41) is 14.2. The second kappa shape index (κ2) is 10.6. The monoisotopic (exact) mass is 600 g/mol. The van der Waals surface area contributed by atoms with Crippen LogP contribution >= 0.6 is 0 Å². The van der Waals surface area contributed by atoms with Gasteiger partial charge in [0.1, 0.15) is 11.6 Å². The number of carbonyl (C=O) groups excluding carboxylic acids is 1. The lowest BCUT2D eigenvalue weighted by molar-refractivity contribution is -0.0158. The lowest BCUT2D eigenvalue weighted by atomic mass is 9.81. The summed E-state index contributed by atoms with van der Waals surface area (Å²) in [6.45, 7) is 10.4. The van der Waals surface area contributed by atoms with Crippen molar-refractivity contribution < 1.29 is 32.3 Å². The maximum Gasteiger partial charge on any atom is 0.415 e. The van der Waals surface area contributed by atoms with Gasteiger partial charge >= 0.3 is 12.0 Å². The summed E-state index contributed by atoms with van der Waals surface area (Å²) >= 11 is 0. The summed E-state index contributed by atoms with van der Waals surface area (Å²) in [6.07, 6.45) is 3.86. The summed E-state index contributed by atoms with van der Waals surface area (Å²) < 4.78 is 53.4. The number of fused-ring (bicyclic) bond motifs is 2. The zero-order chi connectivity index (χ0) is 31.4. The van der Waals surface area contributed by atoms with Gasteiger partial charge in [-0.2, -0.15) is 13.8 Å². The van der Waals surface area contributed by atoms with E-state index in [1.807, 2.05) is 20.8 Å². The van der Waals surface area contributed by atoms with Crippen molar-refractivity contribution in [3.8, 4) is 11.1 Å². The molecule has 2 saturated carbocycles. The van der Waals surface area contributed by atoms with Crippen molar-refractivity contribution in [1.29, 1.82) is 0 Å². The predicted octanol–water partition coefficient (Wildman–Crippen LogP) is 7.50. The van der Waals surface area contributed by atoms with Crippen molar-refractivity contribution in [3.63, 3.8) is 0 Å². The second-order valence-corrected chi connectivity index (χ2v) is 14.1. The predicted molar refractivity (Wildman–Crippen MR) is 154 cm³/mol. The number of hydrogen-bond donors (Lipinski definition) is 1. The summed E-state index contributed by atoms with van der Waals surface area (Å²) in [7, 11) is 0. The van der Waals surface area contributed by atoms with Crippen LogP contribution in [0.15, 0.2) is 41.1 Å². The van der Waals surface area contributed by atoms with Crippen molar-refractivity contribution in [3.05, 3.63) is 59.6 Å². The third kappa shape index (κ3) is 6.41. The van der Waals surface area contributed by atoms with E-state index in [1.54, 1.807) is 38.1 Å². The maximum atomic E-state index is 15.1. The summed E-state index contributed by atoms with van der Waals surface area (Å²) in [6, 6.07) is 8.44. The Morgan fingerprint density at radius 3 is 2.28 bits per heavy atom. The van der Waals surface area contributed by atoms with Crippen LogP contribution in [-0.2, 0) is 21.7 Å². The number of amides is 1. The summed E-state index contributed by atoms with van der Waals surface area (Å²) in [5.41, 5.74) is -0.706. The van der Waals surface area contributed by atoms with E-state index in [9.17, 15) is 18.7 Å². The molecule has 0 unspecified atom stereocenters. The number of rotatable bonds is 8. The number of ether oxygens (including phenoxy) is 1. The Morgan fingerprint density at radius 2 is 1.72 bits per heavy atom. The molecule has 1 amide bonds. The van der Waals surface area contributed by atoms with Crippen LogP contribution in [0.2, 0.25) is 0 Å². The van der Waals surface area contributed by atoms with Gasteiger partial charge in [0.2, 0.25) is 0 Å². The molecule has 2 aliphatic carbocycles. The molecule has 2 heterocycles. The summed E-state index contributed by atoms with van der Waals surface area (Å²) in [5.74, 6) is -3.96. The molecule has 3 aromatic rings. The lowest BCUT2D eigenvalue weighted by Gasteiger charge is -2.33. The Labute approximate surface area is 249 Å². The molecule has 5 rings (SSSR count). The molecule has 0 spiro atoms. The topological polar surface area (TPSA) is 102 Å². The molecular weight excluding hydrogens is 561 g/mol. The quantitative estimate of drug-likeness (QED) is 0.286. The Bertz CT molecular complexity index is 1480. The van der Waals surface area contributed by atoms with E-state index in [1.165, 1.54) is 11.0 Å². The van der Waals surface area contributed by atoms with E-state index < -0.39 is 34.7 Å². The van der Waals surface area contributed by atoms with Gasteiger partial charge in [0.15, 0.2) is 5.82 Å². The number of anilines is 1. The highest BCUT2D eigenvalue weighted by Crippen LogP contribution is 2.62. The molecule has 0 atom stereocenters. The van der Waals surface area contributed by atoms with Gasteiger partial charge in [-0.1, -0.05) is 50.2 Å². The third-order valence-electron chi connectivity index (χ3n) is 8.62. The van der Waals surface area contributed by atoms with Crippen LogP contribution in [0.4, 0.5) is 23.8 Å². The second-order valence-electron chi connectivity index (χ2n) is 14.1. The van der Waals surface area contributed by atoms with Crippen molar-refractivity contribution in [2.45, 2.75) is 90.6 Å². The minimum atomic E-state index is -3.23. The largest absolute Gasteiger partial charge is 0.449 e. The van der Waals surface area contributed by atoms with E-state index in [0.29, 0.717) is 30.4 Å². The average Bonchev–Trinajstić information content (AvgIpc) is 3.65. The molecule has 2 aromatic heterocycles. The van der Waals surface area contributed by atoms with Crippen LogP contribution in [0.25, 0.3) is 11.1 Å². The Balaban J connectivity index is 1.45. The number of alkyl halides is 2. The van der Waals surface area contributed by atoms with Crippen molar-refractivity contribution >= 4 is 11.9 Å². The van der Waals surface area contributed by atoms with Crippen LogP contribution in [0.1, 0.15) is 90.9 Å². The molecule has 1 N–H and O–H groups in total. The minimum Gasteiger partial charge on any atom is -0.449 e. The molecular formula is C32H39F3N4O4. The molecule has 43 heavy (non-hydrogen) atoms. The molecule has 0 aliphatic heterocycles. The average molecular weight is 601 g/mol. The smallest absolute Gasteiger partial charge is 0.415 e. The van der Waals surface area contributed by atoms with Gasteiger partial charge in [0.05, 0.1) is 18.4 Å². The van der Waals surface area contributed by atoms with Gasteiger partial charge in [-0.25, -0.2) is 14.2 Å². The molecule has 0 saturated heterocycles. The molecule has 2 bridgehead atoms. The fraction of sp³-hybridized carbons (Fsp3) is 0.562. The van der Waals surface area contributed by atoms with Crippen molar-refractivity contribution in [2.75, 3.05) is 18.1 Å². The molecule has 1 aromatic carbocycles. The number of nitrogens with zero attached hydrogens (tertiary/aromatic N) is 4. The normalized spacial score (nSPS) is 22.2. The van der Waals surface area contributed by atoms with Crippen LogP contribution < -0.4 is 4.90 Å². The van der Waals surface area contributed by atoms with Gasteiger partial charge in [-0.05, 0) is 74.0 Å². The van der Waals surface area contributed by atoms with Crippen molar-refractivity contribution in [1.82, 2.24) is 15.1 Å². The van der Waals surface area contributed by atoms with Crippen LogP contribution in [0, 0.1) is 16.6 Å². The zero-order valence-electron chi connectivity index (χ0n) is 25.5. The molecule has 2 fully saturated rings. The van der Waals surface area contributed by atoms with Gasteiger partial charge in [-0.3, -0.25) is 4.90 Å².